The Morgan fingerprint density at radius 3 is 2.35 bits per heavy atom. The molecule has 1 unspecified atom stereocenters. The average Bonchev–Trinajstić information content (AvgIpc) is 2.65. The van der Waals surface area contributed by atoms with Gasteiger partial charge in [-0.25, -0.2) is 4.79 Å². The van der Waals surface area contributed by atoms with Crippen LogP contribution < -0.4 is 15.2 Å². The number of hydrogen-bond donors (Lipinski definition) is 2. The van der Waals surface area contributed by atoms with Crippen LogP contribution in [0.4, 0.5) is 0 Å². The van der Waals surface area contributed by atoms with E-state index in [1.165, 1.54) is 12.1 Å². The molecule has 7 nitrogen and oxygen atoms in total. The van der Waals surface area contributed by atoms with Crippen LogP contribution in [-0.4, -0.2) is 31.1 Å². The van der Waals surface area contributed by atoms with Gasteiger partial charge in [0.25, 0.3) is 0 Å². The molecule has 0 fully saturated rings. The minimum atomic E-state index is -0.967. The van der Waals surface area contributed by atoms with Crippen molar-refractivity contribution in [2.45, 2.75) is 19.4 Å². The summed E-state index contributed by atoms with van der Waals surface area (Å²) in [6, 6.07) is 11.9. The zero-order valence-corrected chi connectivity index (χ0v) is 14.9. The Hall–Kier alpha value is -3.22. The SMILES string of the molecule is COc1ccc(C(C)O/N=C(\N)Cc2ccc(C(=O)O)cc2)cc1OC. The van der Waals surface area contributed by atoms with Gasteiger partial charge in [0, 0.05) is 6.42 Å². The first-order valence-electron chi connectivity index (χ1n) is 7.97. The third kappa shape index (κ3) is 4.89. The standard InChI is InChI=1S/C19H22N2O5/c1-12(15-8-9-16(24-2)17(11-15)25-3)26-21-18(20)10-13-4-6-14(7-5-13)19(22)23/h4-9,11-12H,10H2,1-3H3,(H2,20,21)(H,22,23). The van der Waals surface area contributed by atoms with Gasteiger partial charge >= 0.3 is 5.97 Å². The van der Waals surface area contributed by atoms with E-state index < -0.39 is 5.97 Å². The molecule has 2 rings (SSSR count). The molecule has 0 saturated heterocycles. The van der Waals surface area contributed by atoms with E-state index in [4.69, 9.17) is 25.2 Å². The van der Waals surface area contributed by atoms with Crippen LogP contribution in [0, 0.1) is 0 Å². The van der Waals surface area contributed by atoms with Gasteiger partial charge in [-0.1, -0.05) is 23.4 Å². The van der Waals surface area contributed by atoms with Crippen molar-refractivity contribution in [2.24, 2.45) is 10.9 Å². The van der Waals surface area contributed by atoms with E-state index in [0.29, 0.717) is 23.8 Å². The molecule has 2 aromatic carbocycles. The second kappa shape index (κ2) is 8.75. The van der Waals surface area contributed by atoms with Crippen molar-refractivity contribution in [3.8, 4) is 11.5 Å². The Bertz CT molecular complexity index is 787. The summed E-state index contributed by atoms with van der Waals surface area (Å²) < 4.78 is 10.5. The van der Waals surface area contributed by atoms with Crippen molar-refractivity contribution in [3.63, 3.8) is 0 Å². The molecule has 3 N–H and O–H groups in total. The molecule has 0 aliphatic rings. The fraction of sp³-hybridized carbons (Fsp3) is 0.263. The molecule has 0 aliphatic heterocycles. The van der Waals surface area contributed by atoms with E-state index in [1.807, 2.05) is 19.1 Å². The van der Waals surface area contributed by atoms with Crippen molar-refractivity contribution >= 4 is 11.8 Å². The van der Waals surface area contributed by atoms with Gasteiger partial charge in [-0.05, 0) is 42.3 Å². The van der Waals surface area contributed by atoms with Crippen molar-refractivity contribution in [2.75, 3.05) is 14.2 Å². The van der Waals surface area contributed by atoms with E-state index in [2.05, 4.69) is 5.16 Å². The highest BCUT2D eigenvalue weighted by atomic mass is 16.6. The first-order chi connectivity index (χ1) is 12.4. The molecule has 0 aliphatic carbocycles. The Kier molecular flexibility index (Phi) is 6.43. The number of nitrogens with zero attached hydrogens (tertiary/aromatic N) is 1. The summed E-state index contributed by atoms with van der Waals surface area (Å²) in [6.45, 7) is 1.85. The van der Waals surface area contributed by atoms with Crippen molar-refractivity contribution < 1.29 is 24.2 Å². The molecule has 7 heteroatoms. The average molecular weight is 358 g/mol. The van der Waals surface area contributed by atoms with E-state index in [1.54, 1.807) is 32.4 Å². The van der Waals surface area contributed by atoms with Gasteiger partial charge in [0.05, 0.1) is 19.8 Å². The van der Waals surface area contributed by atoms with Gasteiger partial charge in [-0.3, -0.25) is 0 Å². The molecular formula is C19H22N2O5. The van der Waals surface area contributed by atoms with Gasteiger partial charge in [0.15, 0.2) is 11.5 Å². The smallest absolute Gasteiger partial charge is 0.335 e. The highest BCUT2D eigenvalue weighted by Gasteiger charge is 2.11. The number of carboxylic acid groups (broad SMARTS) is 1. The fourth-order valence-corrected chi connectivity index (χ4v) is 2.32. The number of ether oxygens (including phenoxy) is 2. The van der Waals surface area contributed by atoms with Crippen LogP contribution in [0.15, 0.2) is 47.6 Å². The number of benzene rings is 2. The largest absolute Gasteiger partial charge is 0.493 e. The Morgan fingerprint density at radius 1 is 1.12 bits per heavy atom. The normalized spacial score (nSPS) is 12.3. The van der Waals surface area contributed by atoms with E-state index in [0.717, 1.165) is 11.1 Å². The molecule has 0 saturated carbocycles. The molecule has 0 aromatic heterocycles. The van der Waals surface area contributed by atoms with Gasteiger partial charge in [-0.15, -0.1) is 0 Å². The number of methoxy groups -OCH3 is 2. The maximum atomic E-state index is 10.8. The van der Waals surface area contributed by atoms with Gasteiger partial charge in [-0.2, -0.15) is 0 Å². The maximum Gasteiger partial charge on any atom is 0.335 e. The predicted octanol–water partition coefficient (Wildman–Crippen LogP) is 2.99. The number of carboxylic acids is 1. The van der Waals surface area contributed by atoms with Gasteiger partial charge < -0.3 is 25.2 Å². The predicted molar refractivity (Wildman–Crippen MR) is 97.8 cm³/mol. The van der Waals surface area contributed by atoms with Crippen molar-refractivity contribution in [1.82, 2.24) is 0 Å². The minimum Gasteiger partial charge on any atom is -0.493 e. The van der Waals surface area contributed by atoms with Crippen molar-refractivity contribution in [3.05, 3.63) is 59.2 Å². The first-order valence-corrected chi connectivity index (χ1v) is 7.97. The lowest BCUT2D eigenvalue weighted by Crippen LogP contribution is -2.16. The van der Waals surface area contributed by atoms with Crippen LogP contribution >= 0.6 is 0 Å². The van der Waals surface area contributed by atoms with Crippen LogP contribution in [0.3, 0.4) is 0 Å². The fourth-order valence-electron chi connectivity index (χ4n) is 2.32. The second-order valence-corrected chi connectivity index (χ2v) is 5.62. The summed E-state index contributed by atoms with van der Waals surface area (Å²) in [5.74, 6) is 0.567. The summed E-state index contributed by atoms with van der Waals surface area (Å²) in [5.41, 5.74) is 7.83. The number of hydrogen-bond acceptors (Lipinski definition) is 5. The van der Waals surface area contributed by atoms with Crippen LogP contribution in [0.5, 0.6) is 11.5 Å². The van der Waals surface area contributed by atoms with E-state index in [-0.39, 0.29) is 11.7 Å². The second-order valence-electron chi connectivity index (χ2n) is 5.62. The zero-order chi connectivity index (χ0) is 19.1. The summed E-state index contributed by atoms with van der Waals surface area (Å²) in [5, 5.41) is 12.9. The molecule has 0 bridgehead atoms. The molecular weight excluding hydrogens is 336 g/mol. The minimum absolute atomic E-state index is 0.225. The topological polar surface area (TPSA) is 103 Å². The molecule has 2 aromatic rings. The van der Waals surface area contributed by atoms with E-state index >= 15 is 0 Å². The summed E-state index contributed by atoms with van der Waals surface area (Å²) in [7, 11) is 3.14. The Labute approximate surface area is 152 Å². The zero-order valence-electron chi connectivity index (χ0n) is 14.9. The van der Waals surface area contributed by atoms with Gasteiger partial charge in [0.1, 0.15) is 11.9 Å². The Morgan fingerprint density at radius 2 is 1.77 bits per heavy atom. The highest BCUT2D eigenvalue weighted by Crippen LogP contribution is 2.30. The molecule has 26 heavy (non-hydrogen) atoms. The van der Waals surface area contributed by atoms with Crippen LogP contribution in [0.1, 0.15) is 34.5 Å². The number of amidine groups is 1. The maximum absolute atomic E-state index is 10.8. The highest BCUT2D eigenvalue weighted by molar-refractivity contribution is 5.88. The summed E-state index contributed by atoms with van der Waals surface area (Å²) in [4.78, 5) is 16.3. The van der Waals surface area contributed by atoms with Crippen LogP contribution in [0.25, 0.3) is 0 Å². The quantitative estimate of drug-likeness (QED) is 0.427. The monoisotopic (exact) mass is 358 g/mol. The summed E-state index contributed by atoms with van der Waals surface area (Å²) in [6.07, 6.45) is 0.0289. The third-order valence-electron chi connectivity index (χ3n) is 3.79. The number of aromatic carboxylic acids is 1. The number of rotatable bonds is 8. The van der Waals surface area contributed by atoms with Crippen molar-refractivity contribution in [1.29, 1.82) is 0 Å². The lowest BCUT2D eigenvalue weighted by molar-refractivity contribution is 0.0696. The lowest BCUT2D eigenvalue weighted by atomic mass is 10.1. The van der Waals surface area contributed by atoms with Gasteiger partial charge in [0.2, 0.25) is 0 Å². The lowest BCUT2D eigenvalue weighted by Gasteiger charge is -2.14. The first kappa shape index (κ1) is 19.1. The van der Waals surface area contributed by atoms with Crippen LogP contribution in [-0.2, 0) is 11.3 Å². The molecule has 0 heterocycles. The molecule has 138 valence electrons. The molecule has 1 atom stereocenters. The Balaban J connectivity index is 2.00. The van der Waals surface area contributed by atoms with Crippen LogP contribution in [0.2, 0.25) is 0 Å². The van der Waals surface area contributed by atoms with E-state index in [9.17, 15) is 4.79 Å². The number of carbonyl (C=O) groups is 1. The molecule has 0 amide bonds. The summed E-state index contributed by atoms with van der Waals surface area (Å²) >= 11 is 0. The third-order valence-corrected chi connectivity index (χ3v) is 3.79. The number of oxime groups is 1. The molecule has 0 spiro atoms. The molecule has 0 radical (unpaired) electrons. The number of nitrogens with two attached hydrogens (primary N) is 1.